The van der Waals surface area contributed by atoms with Crippen LogP contribution in [0.5, 0.6) is 5.75 Å². The van der Waals surface area contributed by atoms with Crippen LogP contribution in [0, 0.1) is 11.6 Å². The Labute approximate surface area is 195 Å². The number of halogens is 3. The second-order valence-corrected chi connectivity index (χ2v) is 8.23. The highest BCUT2D eigenvalue weighted by molar-refractivity contribution is 7.22. The molecule has 1 aromatic heterocycles. The molecule has 0 radical (unpaired) electrons. The summed E-state index contributed by atoms with van der Waals surface area (Å²) < 4.78 is 38.7. The van der Waals surface area contributed by atoms with Crippen molar-refractivity contribution in [3.05, 3.63) is 53.6 Å². The van der Waals surface area contributed by atoms with Gasteiger partial charge in [0.15, 0.2) is 10.9 Å². The largest absolute Gasteiger partial charge is 0.497 e. The molecule has 0 N–H and O–H groups in total. The van der Waals surface area contributed by atoms with Crippen molar-refractivity contribution in [1.29, 1.82) is 0 Å². The van der Waals surface area contributed by atoms with Gasteiger partial charge >= 0.3 is 0 Å². The Morgan fingerprint density at radius 1 is 1.22 bits per heavy atom. The number of hydrogen-bond acceptors (Lipinski definition) is 6. The Morgan fingerprint density at radius 3 is 2.62 bits per heavy atom. The molecule has 10 heteroatoms. The summed E-state index contributed by atoms with van der Waals surface area (Å²) in [5.41, 5.74) is 0.542. The normalized spacial score (nSPS) is 14.2. The summed E-state index contributed by atoms with van der Waals surface area (Å²) in [6.45, 7) is 4.35. The average molecular weight is 484 g/mol. The minimum atomic E-state index is -0.734. The Morgan fingerprint density at radius 2 is 1.94 bits per heavy atom. The van der Waals surface area contributed by atoms with E-state index in [-0.39, 0.29) is 23.8 Å². The number of hydrogen-bond donors (Lipinski definition) is 0. The fraction of sp³-hybridized carbons (Fsp3) is 0.364. The number of methoxy groups -OCH3 is 1. The lowest BCUT2D eigenvalue weighted by molar-refractivity contribution is 0.0376. The number of amides is 1. The van der Waals surface area contributed by atoms with Gasteiger partial charge in [0, 0.05) is 37.8 Å². The van der Waals surface area contributed by atoms with Crippen LogP contribution in [0.2, 0.25) is 0 Å². The van der Waals surface area contributed by atoms with Crippen LogP contribution in [0.1, 0.15) is 16.8 Å². The Kier molecular flexibility index (Phi) is 8.36. The number of anilines is 1. The number of benzene rings is 2. The monoisotopic (exact) mass is 483 g/mol. The van der Waals surface area contributed by atoms with Gasteiger partial charge in [0.2, 0.25) is 0 Å². The van der Waals surface area contributed by atoms with Crippen LogP contribution in [-0.4, -0.2) is 62.3 Å². The van der Waals surface area contributed by atoms with Crippen LogP contribution in [-0.2, 0) is 4.74 Å². The number of carbonyl (C=O) groups is 1. The summed E-state index contributed by atoms with van der Waals surface area (Å²) >= 11 is 1.11. The summed E-state index contributed by atoms with van der Waals surface area (Å²) in [5, 5.41) is 0.349. The molecule has 1 amide bonds. The predicted molar refractivity (Wildman–Crippen MR) is 123 cm³/mol. The zero-order chi connectivity index (χ0) is 21.8. The Bertz CT molecular complexity index is 1060. The van der Waals surface area contributed by atoms with E-state index in [4.69, 9.17) is 9.47 Å². The minimum absolute atomic E-state index is 0. The van der Waals surface area contributed by atoms with Crippen LogP contribution < -0.4 is 9.64 Å². The van der Waals surface area contributed by atoms with E-state index in [0.29, 0.717) is 47.3 Å². The van der Waals surface area contributed by atoms with E-state index >= 15 is 0 Å². The summed E-state index contributed by atoms with van der Waals surface area (Å²) in [6.07, 6.45) is 0.717. The maximum absolute atomic E-state index is 14.2. The summed E-state index contributed by atoms with van der Waals surface area (Å²) in [6, 6.07) is 8.84. The number of nitrogens with zero attached hydrogens (tertiary/aromatic N) is 3. The zero-order valence-corrected chi connectivity index (χ0v) is 19.2. The first-order valence-electron chi connectivity index (χ1n) is 10.1. The fourth-order valence-corrected chi connectivity index (χ4v) is 4.54. The molecule has 0 aliphatic carbocycles. The van der Waals surface area contributed by atoms with E-state index in [1.807, 2.05) is 0 Å². The number of carbonyl (C=O) groups excluding carboxylic acids is 1. The van der Waals surface area contributed by atoms with Gasteiger partial charge < -0.3 is 9.47 Å². The second kappa shape index (κ2) is 11.0. The van der Waals surface area contributed by atoms with Gasteiger partial charge in [0.25, 0.3) is 5.91 Å². The van der Waals surface area contributed by atoms with Gasteiger partial charge in [-0.15, -0.1) is 12.4 Å². The lowest BCUT2D eigenvalue weighted by atomic mass is 10.2. The molecule has 2 aromatic carbocycles. The maximum Gasteiger partial charge on any atom is 0.260 e. The fourth-order valence-electron chi connectivity index (χ4n) is 3.51. The molecule has 1 fully saturated rings. The third-order valence-electron chi connectivity index (χ3n) is 5.17. The van der Waals surface area contributed by atoms with Crippen molar-refractivity contribution in [2.24, 2.45) is 0 Å². The molecule has 6 nitrogen and oxygen atoms in total. The molecule has 0 saturated carbocycles. The van der Waals surface area contributed by atoms with Crippen molar-refractivity contribution in [1.82, 2.24) is 9.88 Å². The van der Waals surface area contributed by atoms with Gasteiger partial charge in [0.1, 0.15) is 17.1 Å². The van der Waals surface area contributed by atoms with E-state index < -0.39 is 11.6 Å². The first-order valence-corrected chi connectivity index (χ1v) is 10.9. The molecule has 172 valence electrons. The summed E-state index contributed by atoms with van der Waals surface area (Å²) in [5.74, 6) is -0.999. The summed E-state index contributed by atoms with van der Waals surface area (Å²) in [4.78, 5) is 21.5. The highest BCUT2D eigenvalue weighted by atomic mass is 35.5. The third kappa shape index (κ3) is 5.53. The van der Waals surface area contributed by atoms with Crippen LogP contribution in [0.15, 0.2) is 36.4 Å². The van der Waals surface area contributed by atoms with Gasteiger partial charge in [-0.2, -0.15) is 0 Å². The molecule has 3 aromatic rings. The standard InChI is InChI=1S/C22H23F2N3O3S.ClH/c1-29-17-5-3-15(4-6-17)21(28)27(8-2-7-26-9-11-30-12-10-26)22-25-20-18(24)13-16(23)14-19(20)31-22;/h3-6,13-14H,2,7-12H2,1H3;1H. The molecular formula is C22H24ClF2N3O3S. The predicted octanol–water partition coefficient (Wildman–Crippen LogP) is 4.37. The Balaban J connectivity index is 0.00000289. The van der Waals surface area contributed by atoms with Crippen molar-refractivity contribution in [2.75, 3.05) is 51.4 Å². The number of morpholine rings is 1. The second-order valence-electron chi connectivity index (χ2n) is 7.22. The van der Waals surface area contributed by atoms with Gasteiger partial charge in [-0.1, -0.05) is 11.3 Å². The smallest absolute Gasteiger partial charge is 0.260 e. The van der Waals surface area contributed by atoms with Gasteiger partial charge in [-0.25, -0.2) is 13.8 Å². The van der Waals surface area contributed by atoms with Gasteiger partial charge in [-0.3, -0.25) is 14.6 Å². The molecule has 0 spiro atoms. The van der Waals surface area contributed by atoms with Crippen molar-refractivity contribution in [3.8, 4) is 5.75 Å². The van der Waals surface area contributed by atoms with Gasteiger partial charge in [0.05, 0.1) is 25.0 Å². The summed E-state index contributed by atoms with van der Waals surface area (Å²) in [7, 11) is 1.56. The molecule has 0 atom stereocenters. The molecule has 0 unspecified atom stereocenters. The maximum atomic E-state index is 14.2. The number of fused-ring (bicyclic) bond motifs is 1. The zero-order valence-electron chi connectivity index (χ0n) is 17.6. The number of thiazole rings is 1. The molecule has 4 rings (SSSR count). The first kappa shape index (κ1) is 24.3. The molecule has 1 aliphatic heterocycles. The first-order chi connectivity index (χ1) is 15.0. The minimum Gasteiger partial charge on any atom is -0.497 e. The lowest BCUT2D eigenvalue weighted by Gasteiger charge is -2.27. The quantitative estimate of drug-likeness (QED) is 0.499. The number of ether oxygens (including phenoxy) is 2. The van der Waals surface area contributed by atoms with Gasteiger partial charge in [-0.05, 0) is 36.8 Å². The van der Waals surface area contributed by atoms with Crippen molar-refractivity contribution >= 4 is 45.0 Å². The molecule has 1 aliphatic rings. The molecular weight excluding hydrogens is 460 g/mol. The molecule has 0 bridgehead atoms. The molecule has 1 saturated heterocycles. The van der Waals surface area contributed by atoms with Crippen molar-refractivity contribution in [2.45, 2.75) is 6.42 Å². The van der Waals surface area contributed by atoms with Crippen molar-refractivity contribution in [3.63, 3.8) is 0 Å². The topological polar surface area (TPSA) is 54.9 Å². The highest BCUT2D eigenvalue weighted by Crippen LogP contribution is 2.32. The van der Waals surface area contributed by atoms with Crippen LogP contribution in [0.3, 0.4) is 0 Å². The van der Waals surface area contributed by atoms with Crippen LogP contribution >= 0.6 is 23.7 Å². The highest BCUT2D eigenvalue weighted by Gasteiger charge is 2.23. The lowest BCUT2D eigenvalue weighted by Crippen LogP contribution is -2.39. The molecule has 32 heavy (non-hydrogen) atoms. The number of aromatic nitrogens is 1. The molecule has 2 heterocycles. The number of rotatable bonds is 7. The van der Waals surface area contributed by atoms with E-state index in [0.717, 1.165) is 37.0 Å². The van der Waals surface area contributed by atoms with E-state index in [9.17, 15) is 13.6 Å². The Hall–Kier alpha value is -2.33. The SMILES string of the molecule is COc1ccc(C(=O)N(CCCN2CCOCC2)c2nc3c(F)cc(F)cc3s2)cc1.Cl. The van der Waals surface area contributed by atoms with Crippen molar-refractivity contribution < 1.29 is 23.0 Å². The van der Waals surface area contributed by atoms with E-state index in [1.54, 1.807) is 36.3 Å². The van der Waals surface area contributed by atoms with E-state index in [1.165, 1.54) is 6.07 Å². The third-order valence-corrected chi connectivity index (χ3v) is 6.20. The van der Waals surface area contributed by atoms with E-state index in [2.05, 4.69) is 9.88 Å². The average Bonchev–Trinajstić information content (AvgIpc) is 3.21. The van der Waals surface area contributed by atoms with Crippen LogP contribution in [0.25, 0.3) is 10.2 Å². The van der Waals surface area contributed by atoms with Crippen LogP contribution in [0.4, 0.5) is 13.9 Å².